The lowest BCUT2D eigenvalue weighted by molar-refractivity contribution is -0.114. The molecular formula is C21H21N5OS2. The molecule has 1 amide bonds. The number of hydrogen-bond donors (Lipinski definition) is 1. The zero-order valence-corrected chi connectivity index (χ0v) is 18.3. The van der Waals surface area contributed by atoms with Crippen LogP contribution >= 0.6 is 23.5 Å². The Morgan fingerprint density at radius 3 is 2.76 bits per heavy atom. The molecule has 3 heterocycles. The summed E-state index contributed by atoms with van der Waals surface area (Å²) in [6.07, 6.45) is 4.61. The van der Waals surface area contributed by atoms with Crippen LogP contribution < -0.4 is 0 Å². The van der Waals surface area contributed by atoms with Crippen LogP contribution in [0.15, 0.2) is 46.0 Å². The lowest BCUT2D eigenvalue weighted by Gasteiger charge is -2.20. The van der Waals surface area contributed by atoms with Crippen molar-refractivity contribution in [2.45, 2.75) is 27.2 Å². The first-order valence-electron chi connectivity index (χ1n) is 9.26. The summed E-state index contributed by atoms with van der Waals surface area (Å²) in [5.41, 5.74) is 5.66. The summed E-state index contributed by atoms with van der Waals surface area (Å²) in [7, 11) is 0. The quantitative estimate of drug-likeness (QED) is 0.733. The Morgan fingerprint density at radius 2 is 2.03 bits per heavy atom. The van der Waals surface area contributed by atoms with Crippen LogP contribution in [0.2, 0.25) is 0 Å². The fraction of sp³-hybridized carbons (Fsp3) is 0.238. The van der Waals surface area contributed by atoms with Gasteiger partial charge in [0, 0.05) is 17.1 Å². The average molecular weight is 424 g/mol. The highest BCUT2D eigenvalue weighted by Gasteiger charge is 2.35. The Kier molecular flexibility index (Phi) is 5.23. The van der Waals surface area contributed by atoms with Crippen LogP contribution in [0.5, 0.6) is 0 Å². The van der Waals surface area contributed by atoms with Gasteiger partial charge in [0.15, 0.2) is 10.2 Å². The van der Waals surface area contributed by atoms with Crippen molar-refractivity contribution in [2.75, 3.05) is 6.26 Å². The van der Waals surface area contributed by atoms with Gasteiger partial charge >= 0.3 is 0 Å². The fourth-order valence-electron chi connectivity index (χ4n) is 3.54. The number of carbonyl (C=O) groups is 1. The number of aryl methyl sites for hydroxylation is 2. The molecule has 0 bridgehead atoms. The van der Waals surface area contributed by atoms with E-state index in [0.29, 0.717) is 5.17 Å². The number of nitrogens with zero attached hydrogens (tertiary/aromatic N) is 4. The maximum absolute atomic E-state index is 12.6. The molecule has 0 saturated heterocycles. The molecule has 0 atom stereocenters. The molecule has 0 fully saturated rings. The number of para-hydroxylation sites is 1. The lowest BCUT2D eigenvalue weighted by atomic mass is 10.1. The van der Waals surface area contributed by atoms with Crippen LogP contribution in [0.25, 0.3) is 11.8 Å². The minimum atomic E-state index is -0.398. The molecule has 0 saturated carbocycles. The van der Waals surface area contributed by atoms with E-state index in [2.05, 4.69) is 46.7 Å². The van der Waals surface area contributed by atoms with Gasteiger partial charge in [0.1, 0.15) is 0 Å². The number of hydrazone groups is 1. The largest absolute Gasteiger partial charge is 0.318 e. The molecule has 148 valence electrons. The summed E-state index contributed by atoms with van der Waals surface area (Å²) >= 11 is 2.79. The molecule has 29 heavy (non-hydrogen) atoms. The van der Waals surface area contributed by atoms with Crippen molar-refractivity contribution < 1.29 is 4.79 Å². The summed E-state index contributed by atoms with van der Waals surface area (Å²) in [4.78, 5) is 16.8. The highest BCUT2D eigenvalue weighted by Crippen LogP contribution is 2.32. The van der Waals surface area contributed by atoms with Gasteiger partial charge in [-0.2, -0.15) is 10.0 Å². The van der Waals surface area contributed by atoms with Gasteiger partial charge in [-0.1, -0.05) is 25.1 Å². The second kappa shape index (κ2) is 7.68. The SMILES string of the molecule is CCc1ccccc1-n1c(C)cc(/C=C2/C(=N)N3N=C(SC)SC3=NC2=O)c1C. The number of aliphatic imine (C=N–C) groups is 1. The van der Waals surface area contributed by atoms with Crippen molar-refractivity contribution in [3.63, 3.8) is 0 Å². The number of hydrogen-bond acceptors (Lipinski definition) is 5. The standard InChI is InChI=1S/C21H21N5OS2/c1-5-14-8-6-7-9-17(14)25-12(2)10-15(13(25)3)11-16-18(22)26-20(23-19(16)27)29-21(24-26)28-4/h6-11,22H,5H2,1-4H3/b16-11-,22-18?. The van der Waals surface area contributed by atoms with Gasteiger partial charge in [-0.3, -0.25) is 10.2 Å². The van der Waals surface area contributed by atoms with Gasteiger partial charge in [-0.15, -0.1) is 16.9 Å². The predicted molar refractivity (Wildman–Crippen MR) is 123 cm³/mol. The number of thioether (sulfide) groups is 2. The lowest BCUT2D eigenvalue weighted by Crippen LogP contribution is -2.35. The van der Waals surface area contributed by atoms with Crippen LogP contribution in [0, 0.1) is 19.3 Å². The van der Waals surface area contributed by atoms with E-state index in [9.17, 15) is 4.79 Å². The Bertz CT molecular complexity index is 1130. The maximum atomic E-state index is 12.6. The number of benzene rings is 1. The van der Waals surface area contributed by atoms with E-state index < -0.39 is 5.91 Å². The highest BCUT2D eigenvalue weighted by molar-refractivity contribution is 8.45. The van der Waals surface area contributed by atoms with E-state index >= 15 is 0 Å². The summed E-state index contributed by atoms with van der Waals surface area (Å²) in [5, 5.41) is 14.8. The summed E-state index contributed by atoms with van der Waals surface area (Å²) < 4.78 is 2.98. The first-order valence-corrected chi connectivity index (χ1v) is 11.3. The number of aromatic nitrogens is 1. The topological polar surface area (TPSA) is 73.8 Å². The number of nitrogens with one attached hydrogen (secondary N) is 1. The molecule has 0 spiro atoms. The molecule has 0 unspecified atom stereocenters. The zero-order chi connectivity index (χ0) is 20.7. The van der Waals surface area contributed by atoms with Gasteiger partial charge in [0.05, 0.1) is 5.57 Å². The summed E-state index contributed by atoms with van der Waals surface area (Å²) in [5.74, 6) is -0.333. The molecule has 1 aromatic heterocycles. The van der Waals surface area contributed by atoms with E-state index in [1.807, 2.05) is 25.3 Å². The number of amidine groups is 2. The molecule has 6 nitrogen and oxygen atoms in total. The Labute approximate surface area is 178 Å². The van der Waals surface area contributed by atoms with Crippen LogP contribution in [0.1, 0.15) is 29.4 Å². The second-order valence-corrected chi connectivity index (χ2v) is 8.74. The van der Waals surface area contributed by atoms with E-state index in [1.54, 1.807) is 6.08 Å². The Morgan fingerprint density at radius 1 is 1.28 bits per heavy atom. The number of rotatable bonds is 3. The number of fused-ring (bicyclic) bond motifs is 1. The monoisotopic (exact) mass is 423 g/mol. The molecular weight excluding hydrogens is 402 g/mol. The molecule has 1 N–H and O–H groups in total. The zero-order valence-electron chi connectivity index (χ0n) is 16.7. The van der Waals surface area contributed by atoms with Crippen LogP contribution in [0.4, 0.5) is 0 Å². The van der Waals surface area contributed by atoms with Crippen LogP contribution in [-0.2, 0) is 11.2 Å². The summed E-state index contributed by atoms with van der Waals surface area (Å²) in [6.45, 7) is 6.23. The van der Waals surface area contributed by atoms with Crippen molar-refractivity contribution in [3.8, 4) is 5.69 Å². The minimum absolute atomic E-state index is 0.0651. The number of amides is 1. The van der Waals surface area contributed by atoms with Crippen molar-refractivity contribution >= 4 is 50.9 Å². The van der Waals surface area contributed by atoms with Gasteiger partial charge in [-0.05, 0) is 67.6 Å². The third kappa shape index (κ3) is 3.36. The minimum Gasteiger partial charge on any atom is -0.318 e. The first kappa shape index (κ1) is 19.7. The van der Waals surface area contributed by atoms with Crippen molar-refractivity contribution in [2.24, 2.45) is 10.1 Å². The van der Waals surface area contributed by atoms with Gasteiger partial charge in [-0.25, -0.2) is 0 Å². The molecule has 2 aliphatic heterocycles. The van der Waals surface area contributed by atoms with E-state index in [1.165, 1.54) is 34.1 Å². The smallest absolute Gasteiger partial charge is 0.283 e. The van der Waals surface area contributed by atoms with Crippen molar-refractivity contribution in [1.82, 2.24) is 9.58 Å². The van der Waals surface area contributed by atoms with E-state index in [-0.39, 0.29) is 11.4 Å². The Hall–Kier alpha value is -2.58. The third-order valence-electron chi connectivity index (χ3n) is 4.99. The van der Waals surface area contributed by atoms with Crippen LogP contribution in [-0.4, -0.2) is 37.1 Å². The van der Waals surface area contributed by atoms with Gasteiger partial charge < -0.3 is 4.57 Å². The van der Waals surface area contributed by atoms with E-state index in [4.69, 9.17) is 5.41 Å². The average Bonchev–Trinajstić information content (AvgIpc) is 3.25. The normalized spacial score (nSPS) is 17.7. The molecule has 1 aromatic carbocycles. The maximum Gasteiger partial charge on any atom is 0.283 e. The second-order valence-electron chi connectivity index (χ2n) is 6.73. The Balaban J connectivity index is 1.78. The molecule has 8 heteroatoms. The molecule has 4 rings (SSSR count). The van der Waals surface area contributed by atoms with Crippen molar-refractivity contribution in [1.29, 1.82) is 5.41 Å². The first-order chi connectivity index (χ1) is 13.9. The molecule has 2 aromatic rings. The summed E-state index contributed by atoms with van der Waals surface area (Å²) in [6, 6.07) is 10.4. The van der Waals surface area contributed by atoms with Gasteiger partial charge in [0.2, 0.25) is 5.17 Å². The van der Waals surface area contributed by atoms with Crippen molar-refractivity contribution in [3.05, 3.63) is 58.4 Å². The molecule has 0 radical (unpaired) electrons. The fourth-order valence-corrected chi connectivity index (χ4v) is 4.89. The third-order valence-corrected chi connectivity index (χ3v) is 6.88. The number of carbonyl (C=O) groups excluding carboxylic acids is 1. The highest BCUT2D eigenvalue weighted by atomic mass is 32.2. The molecule has 0 aliphatic carbocycles. The van der Waals surface area contributed by atoms with Crippen LogP contribution in [0.3, 0.4) is 0 Å². The van der Waals surface area contributed by atoms with Gasteiger partial charge in [0.25, 0.3) is 5.91 Å². The predicted octanol–water partition coefficient (Wildman–Crippen LogP) is 4.60. The van der Waals surface area contributed by atoms with E-state index in [0.717, 1.165) is 33.4 Å². The molecule has 2 aliphatic rings.